The molecule has 0 bridgehead atoms. The molecule has 2 aromatic rings. The Bertz CT molecular complexity index is 707. The number of nitrogens with zero attached hydrogens (tertiary/aromatic N) is 1. The molecule has 0 saturated carbocycles. The molecule has 2 rings (SSSR count). The number of benzene rings is 2. The minimum Gasteiger partial charge on any atom is -0.348 e. The molecule has 128 valence electrons. The quantitative estimate of drug-likeness (QED) is 0.817. The van der Waals surface area contributed by atoms with Crippen LogP contribution in [0.5, 0.6) is 0 Å². The van der Waals surface area contributed by atoms with Gasteiger partial charge in [-0.2, -0.15) is 0 Å². The Labute approximate surface area is 151 Å². The van der Waals surface area contributed by atoms with Crippen LogP contribution in [0.3, 0.4) is 0 Å². The standard InChI is InChI=1S/C18H19Cl2FN2O/c1-12(16-8-5-14(19)9-17(16)20)22-18(24)11-23(2)10-13-3-6-15(21)7-4-13/h3-9,12H,10-11H2,1-2H3,(H,22,24). The fourth-order valence-corrected chi connectivity index (χ4v) is 2.99. The van der Waals surface area contributed by atoms with Crippen molar-refractivity contribution in [3.8, 4) is 0 Å². The van der Waals surface area contributed by atoms with E-state index < -0.39 is 0 Å². The van der Waals surface area contributed by atoms with Gasteiger partial charge in [0.2, 0.25) is 5.91 Å². The summed E-state index contributed by atoms with van der Waals surface area (Å²) in [6.07, 6.45) is 0. The van der Waals surface area contributed by atoms with Gasteiger partial charge in [-0.1, -0.05) is 41.4 Å². The second kappa shape index (κ2) is 8.47. The summed E-state index contributed by atoms with van der Waals surface area (Å²) >= 11 is 12.0. The predicted octanol–water partition coefficient (Wildman–Crippen LogP) is 4.44. The first kappa shape index (κ1) is 18.7. The van der Waals surface area contributed by atoms with Crippen molar-refractivity contribution in [1.29, 1.82) is 0 Å². The van der Waals surface area contributed by atoms with E-state index in [0.29, 0.717) is 16.6 Å². The topological polar surface area (TPSA) is 32.3 Å². The Hall–Kier alpha value is -1.62. The van der Waals surface area contributed by atoms with Gasteiger partial charge >= 0.3 is 0 Å². The van der Waals surface area contributed by atoms with E-state index in [4.69, 9.17) is 23.2 Å². The fourth-order valence-electron chi connectivity index (χ4n) is 2.42. The molecular formula is C18H19Cl2FN2O. The molecule has 6 heteroatoms. The summed E-state index contributed by atoms with van der Waals surface area (Å²) in [6.45, 7) is 2.66. The van der Waals surface area contributed by atoms with Crippen molar-refractivity contribution in [3.05, 3.63) is 69.5 Å². The highest BCUT2D eigenvalue weighted by atomic mass is 35.5. The van der Waals surface area contributed by atoms with Crippen LogP contribution in [0, 0.1) is 5.82 Å². The summed E-state index contributed by atoms with van der Waals surface area (Å²) in [6, 6.07) is 11.2. The van der Waals surface area contributed by atoms with Crippen molar-refractivity contribution < 1.29 is 9.18 Å². The lowest BCUT2D eigenvalue weighted by atomic mass is 10.1. The number of halogens is 3. The van der Waals surface area contributed by atoms with E-state index in [1.807, 2.05) is 18.9 Å². The van der Waals surface area contributed by atoms with Crippen LogP contribution in [0.25, 0.3) is 0 Å². The van der Waals surface area contributed by atoms with Gasteiger partial charge in [0.1, 0.15) is 5.82 Å². The number of nitrogens with one attached hydrogen (secondary N) is 1. The molecule has 3 nitrogen and oxygen atoms in total. The molecule has 0 spiro atoms. The molecule has 0 aliphatic carbocycles. The van der Waals surface area contributed by atoms with Crippen LogP contribution in [0.15, 0.2) is 42.5 Å². The average molecular weight is 369 g/mol. The number of hydrogen-bond acceptors (Lipinski definition) is 2. The Morgan fingerprint density at radius 2 is 1.88 bits per heavy atom. The summed E-state index contributed by atoms with van der Waals surface area (Å²) in [5.74, 6) is -0.383. The van der Waals surface area contributed by atoms with Crippen LogP contribution >= 0.6 is 23.2 Å². The Morgan fingerprint density at radius 3 is 2.50 bits per heavy atom. The average Bonchev–Trinajstić information content (AvgIpc) is 2.49. The van der Waals surface area contributed by atoms with Crippen molar-refractivity contribution in [3.63, 3.8) is 0 Å². The molecule has 0 heterocycles. The maximum atomic E-state index is 12.9. The lowest BCUT2D eigenvalue weighted by molar-refractivity contribution is -0.122. The van der Waals surface area contributed by atoms with Gasteiger partial charge in [0.15, 0.2) is 0 Å². The second-order valence-electron chi connectivity index (χ2n) is 5.75. The minimum absolute atomic E-state index is 0.113. The maximum Gasteiger partial charge on any atom is 0.234 e. The molecule has 1 unspecified atom stereocenters. The summed E-state index contributed by atoms with van der Waals surface area (Å²) < 4.78 is 12.9. The first-order valence-corrected chi connectivity index (χ1v) is 8.28. The van der Waals surface area contributed by atoms with Gasteiger partial charge in [-0.3, -0.25) is 9.69 Å². The molecule has 2 aromatic carbocycles. The highest BCUT2D eigenvalue weighted by molar-refractivity contribution is 6.35. The third kappa shape index (κ3) is 5.48. The van der Waals surface area contributed by atoms with Crippen LogP contribution in [-0.2, 0) is 11.3 Å². The Balaban J connectivity index is 1.88. The van der Waals surface area contributed by atoms with Gasteiger partial charge in [0, 0.05) is 16.6 Å². The molecule has 0 aromatic heterocycles. The monoisotopic (exact) mass is 368 g/mol. The van der Waals surface area contributed by atoms with E-state index in [2.05, 4.69) is 5.32 Å². The zero-order chi connectivity index (χ0) is 17.7. The van der Waals surface area contributed by atoms with E-state index >= 15 is 0 Å². The highest BCUT2D eigenvalue weighted by Gasteiger charge is 2.14. The van der Waals surface area contributed by atoms with Gasteiger partial charge in [0.25, 0.3) is 0 Å². The SMILES string of the molecule is CC(NC(=O)CN(C)Cc1ccc(F)cc1)c1ccc(Cl)cc1Cl. The Morgan fingerprint density at radius 1 is 1.21 bits per heavy atom. The van der Waals surface area contributed by atoms with Gasteiger partial charge in [-0.15, -0.1) is 0 Å². The van der Waals surface area contributed by atoms with Gasteiger partial charge in [-0.05, 0) is 49.4 Å². The smallest absolute Gasteiger partial charge is 0.234 e. The van der Waals surface area contributed by atoms with E-state index in [-0.39, 0.29) is 24.3 Å². The molecule has 0 aliphatic heterocycles. The van der Waals surface area contributed by atoms with Crippen molar-refractivity contribution in [2.45, 2.75) is 19.5 Å². The second-order valence-corrected chi connectivity index (χ2v) is 6.60. The van der Waals surface area contributed by atoms with Crippen LogP contribution in [0.4, 0.5) is 4.39 Å². The lowest BCUT2D eigenvalue weighted by Gasteiger charge is -2.20. The first-order valence-electron chi connectivity index (χ1n) is 7.52. The normalized spacial score (nSPS) is 12.2. The van der Waals surface area contributed by atoms with Crippen LogP contribution < -0.4 is 5.32 Å². The number of likely N-dealkylation sites (N-methyl/N-ethyl adjacent to an activating group) is 1. The van der Waals surface area contributed by atoms with Crippen LogP contribution in [0.1, 0.15) is 24.1 Å². The summed E-state index contributed by atoms with van der Waals surface area (Å²) in [5, 5.41) is 3.99. The third-order valence-electron chi connectivity index (χ3n) is 3.59. The van der Waals surface area contributed by atoms with Gasteiger partial charge in [-0.25, -0.2) is 4.39 Å². The molecule has 24 heavy (non-hydrogen) atoms. The fraction of sp³-hybridized carbons (Fsp3) is 0.278. The van der Waals surface area contributed by atoms with Crippen molar-refractivity contribution in [2.24, 2.45) is 0 Å². The minimum atomic E-state index is -0.271. The highest BCUT2D eigenvalue weighted by Crippen LogP contribution is 2.26. The molecular weight excluding hydrogens is 350 g/mol. The molecule has 1 amide bonds. The van der Waals surface area contributed by atoms with E-state index in [9.17, 15) is 9.18 Å². The number of carbonyl (C=O) groups excluding carboxylic acids is 1. The summed E-state index contributed by atoms with van der Waals surface area (Å²) in [7, 11) is 1.84. The first-order chi connectivity index (χ1) is 11.3. The number of amides is 1. The van der Waals surface area contributed by atoms with Gasteiger partial charge < -0.3 is 5.32 Å². The number of rotatable bonds is 6. The largest absolute Gasteiger partial charge is 0.348 e. The van der Waals surface area contributed by atoms with Crippen molar-refractivity contribution in [2.75, 3.05) is 13.6 Å². The third-order valence-corrected chi connectivity index (χ3v) is 4.15. The van der Waals surface area contributed by atoms with E-state index in [1.165, 1.54) is 12.1 Å². The number of hydrogen-bond donors (Lipinski definition) is 1. The molecule has 1 N–H and O–H groups in total. The zero-order valence-electron chi connectivity index (χ0n) is 13.5. The predicted molar refractivity (Wildman–Crippen MR) is 95.8 cm³/mol. The van der Waals surface area contributed by atoms with Crippen LogP contribution in [-0.4, -0.2) is 24.4 Å². The molecule has 0 saturated heterocycles. The van der Waals surface area contributed by atoms with E-state index in [0.717, 1.165) is 11.1 Å². The maximum absolute atomic E-state index is 12.9. The van der Waals surface area contributed by atoms with Gasteiger partial charge in [0.05, 0.1) is 12.6 Å². The summed E-state index contributed by atoms with van der Waals surface area (Å²) in [4.78, 5) is 14.0. The molecule has 0 fully saturated rings. The van der Waals surface area contributed by atoms with Crippen molar-refractivity contribution in [1.82, 2.24) is 10.2 Å². The number of carbonyl (C=O) groups is 1. The lowest BCUT2D eigenvalue weighted by Crippen LogP contribution is -2.36. The van der Waals surface area contributed by atoms with Crippen molar-refractivity contribution >= 4 is 29.1 Å². The Kier molecular flexibility index (Phi) is 6.60. The van der Waals surface area contributed by atoms with E-state index in [1.54, 1.807) is 30.3 Å². The molecule has 0 radical (unpaired) electrons. The molecule has 1 atom stereocenters. The zero-order valence-corrected chi connectivity index (χ0v) is 15.0. The van der Waals surface area contributed by atoms with Crippen LogP contribution in [0.2, 0.25) is 10.0 Å². The molecule has 0 aliphatic rings. The summed E-state index contributed by atoms with van der Waals surface area (Å²) in [5.41, 5.74) is 1.76.